The number of morpholine rings is 1. The molecule has 5 heteroatoms. The van der Waals surface area contributed by atoms with Crippen LogP contribution in [0.25, 0.3) is 0 Å². The first-order chi connectivity index (χ1) is 11.6. The summed E-state index contributed by atoms with van der Waals surface area (Å²) in [5.74, 6) is 0.183. The van der Waals surface area contributed by atoms with Crippen molar-refractivity contribution >= 4 is 5.91 Å². The Balaban J connectivity index is 1.69. The van der Waals surface area contributed by atoms with Crippen LogP contribution in [0.4, 0.5) is 0 Å². The number of carbonyl (C=O) groups is 1. The molecule has 24 heavy (non-hydrogen) atoms. The van der Waals surface area contributed by atoms with Gasteiger partial charge in [0.2, 0.25) is 5.91 Å². The number of benzene rings is 1. The lowest BCUT2D eigenvalue weighted by molar-refractivity contribution is -0.153. The number of ether oxygens (including phenoxy) is 1. The molecular formula is C19H25N3O2. The fourth-order valence-corrected chi connectivity index (χ4v) is 3.48. The first-order valence-corrected chi connectivity index (χ1v) is 8.51. The van der Waals surface area contributed by atoms with Gasteiger partial charge in [-0.2, -0.15) is 5.10 Å². The van der Waals surface area contributed by atoms with Crippen molar-refractivity contribution in [3.63, 3.8) is 0 Å². The van der Waals surface area contributed by atoms with Gasteiger partial charge in [0.25, 0.3) is 0 Å². The molecule has 1 fully saturated rings. The predicted molar refractivity (Wildman–Crippen MR) is 92.4 cm³/mol. The Morgan fingerprint density at radius 3 is 2.71 bits per heavy atom. The monoisotopic (exact) mass is 327 g/mol. The van der Waals surface area contributed by atoms with Crippen molar-refractivity contribution in [1.29, 1.82) is 0 Å². The molecule has 1 aliphatic rings. The zero-order valence-electron chi connectivity index (χ0n) is 14.6. The Morgan fingerprint density at radius 1 is 1.29 bits per heavy atom. The van der Waals surface area contributed by atoms with Crippen LogP contribution in [0.2, 0.25) is 0 Å². The molecule has 1 aromatic carbocycles. The zero-order chi connectivity index (χ0) is 17.1. The first kappa shape index (κ1) is 16.7. The van der Waals surface area contributed by atoms with E-state index in [-0.39, 0.29) is 24.1 Å². The molecule has 1 saturated heterocycles. The Hall–Kier alpha value is -2.14. The number of carbonyl (C=O) groups excluding carboxylic acids is 1. The van der Waals surface area contributed by atoms with E-state index in [1.54, 1.807) is 4.68 Å². The van der Waals surface area contributed by atoms with E-state index >= 15 is 0 Å². The van der Waals surface area contributed by atoms with E-state index in [2.05, 4.69) is 31.1 Å². The molecule has 1 aromatic heterocycles. The molecule has 0 spiro atoms. The normalized spacial score (nSPS) is 24.1. The molecule has 1 aliphatic heterocycles. The van der Waals surface area contributed by atoms with Gasteiger partial charge in [0.15, 0.2) is 0 Å². The van der Waals surface area contributed by atoms with Crippen LogP contribution in [0.15, 0.2) is 42.7 Å². The molecule has 0 radical (unpaired) electrons. The number of hydrogen-bond donors (Lipinski definition) is 0. The summed E-state index contributed by atoms with van der Waals surface area (Å²) in [6.45, 7) is 4.71. The van der Waals surface area contributed by atoms with E-state index in [9.17, 15) is 4.79 Å². The SMILES string of the molecule is C[C@@H]1CO[C@@H](c2ccccc2)[C@@H](C)N1C(=O)CCc1cnn(C)c1. The molecule has 5 nitrogen and oxygen atoms in total. The lowest BCUT2D eigenvalue weighted by atomic mass is 9.98. The Bertz CT molecular complexity index is 683. The highest BCUT2D eigenvalue weighted by atomic mass is 16.5. The van der Waals surface area contributed by atoms with Crippen LogP contribution in [0.5, 0.6) is 0 Å². The summed E-state index contributed by atoms with van der Waals surface area (Å²) in [5.41, 5.74) is 2.22. The van der Waals surface area contributed by atoms with Crippen molar-refractivity contribution in [3.05, 3.63) is 53.9 Å². The highest BCUT2D eigenvalue weighted by Crippen LogP contribution is 2.31. The van der Waals surface area contributed by atoms with Crippen LogP contribution in [0.1, 0.15) is 37.5 Å². The molecule has 0 bridgehead atoms. The standard InChI is InChI=1S/C19H25N3O2/c1-14-13-24-19(17-7-5-4-6-8-17)15(2)22(14)18(23)10-9-16-11-20-21(3)12-16/h4-8,11-12,14-15,19H,9-10,13H2,1-3H3/t14-,15-,19-/m1/s1. The minimum atomic E-state index is -0.0651. The number of amides is 1. The number of rotatable bonds is 4. The summed E-state index contributed by atoms with van der Waals surface area (Å²) in [7, 11) is 1.89. The second kappa shape index (κ2) is 7.18. The van der Waals surface area contributed by atoms with Gasteiger partial charge in [-0.25, -0.2) is 0 Å². The zero-order valence-corrected chi connectivity index (χ0v) is 14.6. The van der Waals surface area contributed by atoms with Gasteiger partial charge in [-0.05, 0) is 31.4 Å². The summed E-state index contributed by atoms with van der Waals surface area (Å²) >= 11 is 0. The fraction of sp³-hybridized carbons (Fsp3) is 0.474. The van der Waals surface area contributed by atoms with E-state index in [4.69, 9.17) is 4.74 Å². The highest BCUT2D eigenvalue weighted by molar-refractivity contribution is 5.77. The van der Waals surface area contributed by atoms with Crippen LogP contribution >= 0.6 is 0 Å². The van der Waals surface area contributed by atoms with Gasteiger partial charge < -0.3 is 9.64 Å². The minimum absolute atomic E-state index is 0.0255. The van der Waals surface area contributed by atoms with Gasteiger partial charge in [0.1, 0.15) is 6.10 Å². The van der Waals surface area contributed by atoms with Crippen molar-refractivity contribution in [2.75, 3.05) is 6.61 Å². The molecule has 0 N–H and O–H groups in total. The second-order valence-electron chi connectivity index (χ2n) is 6.58. The second-order valence-corrected chi connectivity index (χ2v) is 6.58. The maximum atomic E-state index is 12.8. The minimum Gasteiger partial charge on any atom is -0.369 e. The number of nitrogens with zero attached hydrogens (tertiary/aromatic N) is 3. The molecule has 0 unspecified atom stereocenters. The molecule has 1 amide bonds. The van der Waals surface area contributed by atoms with E-state index in [0.717, 1.165) is 17.5 Å². The lowest BCUT2D eigenvalue weighted by Gasteiger charge is -2.44. The van der Waals surface area contributed by atoms with E-state index in [1.165, 1.54) is 0 Å². The Morgan fingerprint density at radius 2 is 2.04 bits per heavy atom. The summed E-state index contributed by atoms with van der Waals surface area (Å²) in [5, 5.41) is 4.16. The third-order valence-corrected chi connectivity index (χ3v) is 4.67. The molecule has 128 valence electrons. The van der Waals surface area contributed by atoms with Crippen molar-refractivity contribution in [2.24, 2.45) is 7.05 Å². The van der Waals surface area contributed by atoms with Crippen LogP contribution in [0, 0.1) is 0 Å². The first-order valence-electron chi connectivity index (χ1n) is 8.51. The van der Waals surface area contributed by atoms with E-state index in [0.29, 0.717) is 13.0 Å². The molecule has 0 saturated carbocycles. The Kier molecular flexibility index (Phi) is 5.00. The number of aromatic nitrogens is 2. The summed E-state index contributed by atoms with van der Waals surface area (Å²) in [6.07, 6.45) is 4.95. The maximum absolute atomic E-state index is 12.8. The predicted octanol–water partition coefficient (Wildman–Crippen LogP) is 2.73. The van der Waals surface area contributed by atoms with Crippen LogP contribution in [0.3, 0.4) is 0 Å². The fourth-order valence-electron chi connectivity index (χ4n) is 3.48. The van der Waals surface area contributed by atoms with Crippen LogP contribution in [-0.4, -0.2) is 39.3 Å². The maximum Gasteiger partial charge on any atom is 0.223 e. The van der Waals surface area contributed by atoms with Gasteiger partial charge in [-0.1, -0.05) is 30.3 Å². The van der Waals surface area contributed by atoms with Crippen LogP contribution < -0.4 is 0 Å². The molecule has 0 aliphatic carbocycles. The van der Waals surface area contributed by atoms with E-state index < -0.39 is 0 Å². The topological polar surface area (TPSA) is 47.4 Å². The molecule has 2 aromatic rings. The Labute approximate surface area is 143 Å². The summed E-state index contributed by atoms with van der Waals surface area (Å²) < 4.78 is 7.80. The number of hydrogen-bond acceptors (Lipinski definition) is 3. The third-order valence-electron chi connectivity index (χ3n) is 4.67. The van der Waals surface area contributed by atoms with Crippen molar-refractivity contribution in [2.45, 2.75) is 44.9 Å². The molecule has 3 rings (SSSR count). The lowest BCUT2D eigenvalue weighted by Crippen LogP contribution is -2.53. The smallest absolute Gasteiger partial charge is 0.223 e. The molecular weight excluding hydrogens is 302 g/mol. The van der Waals surface area contributed by atoms with Gasteiger partial charge in [-0.15, -0.1) is 0 Å². The van der Waals surface area contributed by atoms with Crippen LogP contribution in [-0.2, 0) is 23.0 Å². The van der Waals surface area contributed by atoms with E-state index in [1.807, 2.05) is 42.5 Å². The average Bonchev–Trinajstić information content (AvgIpc) is 2.99. The van der Waals surface area contributed by atoms with Gasteiger partial charge in [0, 0.05) is 19.7 Å². The quantitative estimate of drug-likeness (QED) is 0.867. The van der Waals surface area contributed by atoms with Crippen molar-refractivity contribution in [1.82, 2.24) is 14.7 Å². The van der Waals surface area contributed by atoms with Crippen molar-refractivity contribution < 1.29 is 9.53 Å². The van der Waals surface area contributed by atoms with Gasteiger partial charge >= 0.3 is 0 Å². The molecule has 3 atom stereocenters. The average molecular weight is 327 g/mol. The largest absolute Gasteiger partial charge is 0.369 e. The highest BCUT2D eigenvalue weighted by Gasteiger charge is 2.36. The third kappa shape index (κ3) is 3.51. The van der Waals surface area contributed by atoms with Gasteiger partial charge in [0.05, 0.1) is 24.9 Å². The van der Waals surface area contributed by atoms with Crippen molar-refractivity contribution in [3.8, 4) is 0 Å². The molecule has 2 heterocycles. The summed E-state index contributed by atoms with van der Waals surface area (Å²) in [6, 6.07) is 10.3. The summed E-state index contributed by atoms with van der Waals surface area (Å²) in [4.78, 5) is 14.8. The number of aryl methyl sites for hydroxylation is 2. The van der Waals surface area contributed by atoms with Gasteiger partial charge in [-0.3, -0.25) is 9.48 Å².